The predicted octanol–water partition coefficient (Wildman–Crippen LogP) is 3.44. The van der Waals surface area contributed by atoms with Crippen LogP contribution in [0.1, 0.15) is 52.9 Å². The Hall–Kier alpha value is -0.180. The Morgan fingerprint density at radius 2 is 2.12 bits per heavy atom. The molecule has 0 spiro atoms. The van der Waals surface area contributed by atoms with E-state index in [-0.39, 0.29) is 24.0 Å². The highest BCUT2D eigenvalue weighted by Crippen LogP contribution is 2.24. The van der Waals surface area contributed by atoms with Crippen LogP contribution in [0.25, 0.3) is 0 Å². The number of thioether (sulfide) groups is 1. The van der Waals surface area contributed by atoms with Gasteiger partial charge in [-0.3, -0.25) is 9.79 Å². The summed E-state index contributed by atoms with van der Waals surface area (Å²) in [6.45, 7) is 12.4. The third kappa shape index (κ3) is 7.82. The zero-order valence-corrected chi connectivity index (χ0v) is 19.9. The van der Waals surface area contributed by atoms with Gasteiger partial charge in [0.25, 0.3) is 0 Å². The standard InChI is InChI=1S/C19H36N4OS.HI/c1-4-20-19(23-13-14-25-17(15-23)16(2)3)21-10-8-12-22-11-7-5-6-9-18(22)24;/h16-17H,4-15H2,1-3H3,(H,20,21);1H. The largest absolute Gasteiger partial charge is 0.357 e. The number of guanidine groups is 1. The molecule has 2 fully saturated rings. The first-order valence-corrected chi connectivity index (χ1v) is 11.1. The van der Waals surface area contributed by atoms with Gasteiger partial charge >= 0.3 is 0 Å². The maximum absolute atomic E-state index is 12.1. The van der Waals surface area contributed by atoms with Crippen LogP contribution in [0, 0.1) is 5.92 Å². The number of rotatable bonds is 6. The Labute approximate surface area is 181 Å². The van der Waals surface area contributed by atoms with Gasteiger partial charge in [-0.25, -0.2) is 0 Å². The molecule has 1 atom stereocenters. The Bertz CT molecular complexity index is 447. The van der Waals surface area contributed by atoms with Crippen molar-refractivity contribution in [2.75, 3.05) is 45.0 Å². The number of halogens is 1. The summed E-state index contributed by atoms with van der Waals surface area (Å²) in [5.41, 5.74) is 0. The van der Waals surface area contributed by atoms with Gasteiger partial charge in [0.05, 0.1) is 0 Å². The van der Waals surface area contributed by atoms with Crippen LogP contribution in [-0.2, 0) is 4.79 Å². The van der Waals surface area contributed by atoms with E-state index in [4.69, 9.17) is 4.99 Å². The van der Waals surface area contributed by atoms with Gasteiger partial charge in [0.2, 0.25) is 5.91 Å². The molecule has 5 nitrogen and oxygen atoms in total. The number of nitrogens with zero attached hydrogens (tertiary/aromatic N) is 3. The summed E-state index contributed by atoms with van der Waals surface area (Å²) < 4.78 is 0. The highest BCUT2D eigenvalue weighted by Gasteiger charge is 2.24. The van der Waals surface area contributed by atoms with Crippen LogP contribution in [0.3, 0.4) is 0 Å². The molecule has 0 aromatic carbocycles. The molecule has 2 rings (SSSR count). The summed E-state index contributed by atoms with van der Waals surface area (Å²) in [7, 11) is 0. The molecule has 7 heteroatoms. The number of hydrogen-bond acceptors (Lipinski definition) is 3. The van der Waals surface area contributed by atoms with Crippen LogP contribution in [0.2, 0.25) is 0 Å². The molecule has 26 heavy (non-hydrogen) atoms. The molecule has 0 aromatic rings. The highest BCUT2D eigenvalue weighted by molar-refractivity contribution is 14.0. The lowest BCUT2D eigenvalue weighted by molar-refractivity contribution is -0.130. The molecule has 1 N–H and O–H groups in total. The molecule has 1 unspecified atom stereocenters. The van der Waals surface area contributed by atoms with Crippen molar-refractivity contribution in [3.63, 3.8) is 0 Å². The van der Waals surface area contributed by atoms with Crippen molar-refractivity contribution in [3.05, 3.63) is 0 Å². The minimum Gasteiger partial charge on any atom is -0.357 e. The van der Waals surface area contributed by atoms with E-state index in [0.29, 0.717) is 17.1 Å². The molecular formula is C19H37IN4OS. The summed E-state index contributed by atoms with van der Waals surface area (Å²) in [6, 6.07) is 0. The van der Waals surface area contributed by atoms with Crippen molar-refractivity contribution in [2.45, 2.75) is 58.1 Å². The number of carbonyl (C=O) groups is 1. The van der Waals surface area contributed by atoms with Crippen molar-refractivity contribution >= 4 is 47.6 Å². The number of aliphatic imine (C=N–C) groups is 1. The van der Waals surface area contributed by atoms with Gasteiger partial charge in [0, 0.05) is 56.7 Å². The zero-order chi connectivity index (χ0) is 18.1. The first-order valence-electron chi connectivity index (χ1n) is 10.0. The lowest BCUT2D eigenvalue weighted by Crippen LogP contribution is -2.49. The third-order valence-electron chi connectivity index (χ3n) is 4.99. The molecule has 0 radical (unpaired) electrons. The zero-order valence-electron chi connectivity index (χ0n) is 16.7. The summed E-state index contributed by atoms with van der Waals surface area (Å²) in [6.07, 6.45) is 5.08. The van der Waals surface area contributed by atoms with Gasteiger partial charge in [-0.05, 0) is 32.1 Å². The number of carbonyl (C=O) groups excluding carboxylic acids is 1. The fourth-order valence-corrected chi connectivity index (χ4v) is 4.72. The molecule has 1 amide bonds. The van der Waals surface area contributed by atoms with Crippen LogP contribution < -0.4 is 5.32 Å². The van der Waals surface area contributed by atoms with Crippen LogP contribution in [0.4, 0.5) is 0 Å². The van der Waals surface area contributed by atoms with E-state index in [1.807, 2.05) is 4.90 Å². The molecule has 2 aliphatic heterocycles. The summed E-state index contributed by atoms with van der Waals surface area (Å²) in [5.74, 6) is 3.26. The van der Waals surface area contributed by atoms with E-state index in [9.17, 15) is 4.79 Å². The first kappa shape index (κ1) is 23.9. The third-order valence-corrected chi connectivity index (χ3v) is 6.53. The van der Waals surface area contributed by atoms with Gasteiger partial charge in [0.1, 0.15) is 0 Å². The van der Waals surface area contributed by atoms with Crippen molar-refractivity contribution in [1.82, 2.24) is 15.1 Å². The number of nitrogens with one attached hydrogen (secondary N) is 1. The van der Waals surface area contributed by atoms with Gasteiger partial charge in [0.15, 0.2) is 5.96 Å². The smallest absolute Gasteiger partial charge is 0.222 e. The van der Waals surface area contributed by atoms with Gasteiger partial charge < -0.3 is 15.1 Å². The molecule has 2 aliphatic rings. The molecule has 152 valence electrons. The lowest BCUT2D eigenvalue weighted by atomic mass is 10.1. The van der Waals surface area contributed by atoms with Crippen LogP contribution >= 0.6 is 35.7 Å². The van der Waals surface area contributed by atoms with Gasteiger partial charge in [-0.2, -0.15) is 11.8 Å². The fraction of sp³-hybridized carbons (Fsp3) is 0.895. The Morgan fingerprint density at radius 1 is 1.31 bits per heavy atom. The van der Waals surface area contributed by atoms with E-state index in [1.54, 1.807) is 0 Å². The maximum Gasteiger partial charge on any atom is 0.222 e. The van der Waals surface area contributed by atoms with Crippen molar-refractivity contribution in [3.8, 4) is 0 Å². The summed E-state index contributed by atoms with van der Waals surface area (Å²) in [4.78, 5) is 21.4. The molecule has 0 saturated carbocycles. The molecular weight excluding hydrogens is 459 g/mol. The monoisotopic (exact) mass is 496 g/mol. The predicted molar refractivity (Wildman–Crippen MR) is 124 cm³/mol. The minimum atomic E-state index is 0. The lowest BCUT2D eigenvalue weighted by Gasteiger charge is -2.36. The second-order valence-corrected chi connectivity index (χ2v) is 8.73. The molecule has 0 aromatic heterocycles. The topological polar surface area (TPSA) is 47.9 Å². The van der Waals surface area contributed by atoms with Crippen LogP contribution in [-0.4, -0.2) is 71.9 Å². The summed E-state index contributed by atoms with van der Waals surface area (Å²) in [5, 5.41) is 4.14. The number of hydrogen-bond donors (Lipinski definition) is 1. The van der Waals surface area contributed by atoms with Crippen molar-refractivity contribution in [2.24, 2.45) is 10.9 Å². The van der Waals surface area contributed by atoms with E-state index in [0.717, 1.165) is 70.9 Å². The van der Waals surface area contributed by atoms with E-state index in [2.05, 4.69) is 42.7 Å². The Kier molecular flexibility index (Phi) is 12.0. The van der Waals surface area contributed by atoms with Gasteiger partial charge in [-0.1, -0.05) is 20.3 Å². The fourth-order valence-electron chi connectivity index (χ4n) is 3.42. The maximum atomic E-state index is 12.1. The van der Waals surface area contributed by atoms with E-state index in [1.165, 1.54) is 12.2 Å². The molecule has 2 saturated heterocycles. The van der Waals surface area contributed by atoms with E-state index >= 15 is 0 Å². The summed E-state index contributed by atoms with van der Waals surface area (Å²) >= 11 is 2.09. The van der Waals surface area contributed by atoms with Crippen molar-refractivity contribution < 1.29 is 4.79 Å². The molecule has 0 bridgehead atoms. The van der Waals surface area contributed by atoms with Crippen molar-refractivity contribution in [1.29, 1.82) is 0 Å². The average Bonchev–Trinajstić information content (AvgIpc) is 2.82. The Balaban J connectivity index is 0.00000338. The Morgan fingerprint density at radius 3 is 2.85 bits per heavy atom. The second kappa shape index (κ2) is 13.1. The first-order chi connectivity index (χ1) is 12.1. The van der Waals surface area contributed by atoms with Crippen LogP contribution in [0.5, 0.6) is 0 Å². The highest BCUT2D eigenvalue weighted by atomic mass is 127. The van der Waals surface area contributed by atoms with Gasteiger partial charge in [-0.15, -0.1) is 24.0 Å². The number of amides is 1. The number of likely N-dealkylation sites (tertiary alicyclic amines) is 1. The quantitative estimate of drug-likeness (QED) is 0.265. The van der Waals surface area contributed by atoms with Crippen LogP contribution in [0.15, 0.2) is 4.99 Å². The van der Waals surface area contributed by atoms with E-state index < -0.39 is 0 Å². The average molecular weight is 497 g/mol. The normalized spacial score (nSPS) is 22.2. The molecule has 0 aliphatic carbocycles. The molecule has 2 heterocycles. The second-order valence-electron chi connectivity index (χ2n) is 7.38. The minimum absolute atomic E-state index is 0. The SMILES string of the molecule is CCNC(=NCCCN1CCCCCC1=O)N1CCSC(C(C)C)C1.I.